The highest BCUT2D eigenvalue weighted by atomic mass is 19.3. The molecule has 0 aromatic heterocycles. The molecule has 2 rings (SSSR count). The van der Waals surface area contributed by atoms with Gasteiger partial charge in [-0.25, -0.2) is 8.78 Å². The van der Waals surface area contributed by atoms with Gasteiger partial charge < -0.3 is 4.90 Å². The highest BCUT2D eigenvalue weighted by Gasteiger charge is 2.48. The second kappa shape index (κ2) is 3.69. The summed E-state index contributed by atoms with van der Waals surface area (Å²) < 4.78 is 25.8. The van der Waals surface area contributed by atoms with Gasteiger partial charge in [0.2, 0.25) is 5.91 Å². The monoisotopic (exact) mass is 228 g/mol. The molecule has 3 nitrogen and oxygen atoms in total. The summed E-state index contributed by atoms with van der Waals surface area (Å²) in [6, 6.07) is 2.05. The van der Waals surface area contributed by atoms with Crippen LogP contribution >= 0.6 is 0 Å². The van der Waals surface area contributed by atoms with Gasteiger partial charge in [-0.1, -0.05) is 0 Å². The summed E-state index contributed by atoms with van der Waals surface area (Å²) in [5, 5.41) is 8.99. The van der Waals surface area contributed by atoms with Crippen LogP contribution in [0.25, 0.3) is 0 Å². The van der Waals surface area contributed by atoms with Crippen molar-refractivity contribution in [2.45, 2.75) is 38.0 Å². The van der Waals surface area contributed by atoms with E-state index >= 15 is 0 Å². The van der Waals surface area contributed by atoms with Crippen molar-refractivity contribution in [3.8, 4) is 6.07 Å². The van der Waals surface area contributed by atoms with E-state index in [1.54, 1.807) is 0 Å². The summed E-state index contributed by atoms with van der Waals surface area (Å²) in [7, 11) is 0. The van der Waals surface area contributed by atoms with Crippen LogP contribution in [0.2, 0.25) is 0 Å². The number of hydrogen-bond donors (Lipinski definition) is 0. The Bertz CT molecular complexity index is 334. The lowest BCUT2D eigenvalue weighted by Crippen LogP contribution is -2.51. The van der Waals surface area contributed by atoms with Crippen LogP contribution in [0, 0.1) is 16.7 Å². The minimum atomic E-state index is -2.64. The number of piperidine rings is 1. The number of alkyl halides is 2. The molecule has 1 aliphatic heterocycles. The molecule has 0 bridgehead atoms. The predicted molar refractivity (Wildman–Crippen MR) is 52.7 cm³/mol. The molecular weight excluding hydrogens is 214 g/mol. The maximum absolute atomic E-state index is 12.9. The van der Waals surface area contributed by atoms with Crippen molar-refractivity contribution in [1.29, 1.82) is 5.26 Å². The standard InChI is InChI=1S/C11H14F2N2O/c12-11(13)4-6-15(7-5-11)9(16)10(8-14)2-1-3-10/h1-7H2. The molecule has 0 unspecified atom stereocenters. The second-order valence-electron chi connectivity index (χ2n) is 4.70. The Labute approximate surface area is 93.0 Å². The van der Waals surface area contributed by atoms with Crippen molar-refractivity contribution < 1.29 is 13.6 Å². The molecule has 0 atom stereocenters. The number of nitriles is 1. The molecule has 5 heteroatoms. The third-order valence-corrected chi connectivity index (χ3v) is 3.61. The first-order chi connectivity index (χ1) is 7.49. The van der Waals surface area contributed by atoms with E-state index in [-0.39, 0.29) is 31.8 Å². The Morgan fingerprint density at radius 2 is 1.75 bits per heavy atom. The van der Waals surface area contributed by atoms with Gasteiger partial charge in [-0.3, -0.25) is 4.79 Å². The number of carbonyl (C=O) groups excluding carboxylic acids is 1. The first-order valence-corrected chi connectivity index (χ1v) is 5.58. The van der Waals surface area contributed by atoms with E-state index in [0.717, 1.165) is 6.42 Å². The summed E-state index contributed by atoms with van der Waals surface area (Å²) in [5.41, 5.74) is -0.896. The molecule has 1 saturated carbocycles. The molecule has 1 saturated heterocycles. The maximum Gasteiger partial charge on any atom is 0.251 e. The van der Waals surface area contributed by atoms with Crippen LogP contribution in [0.1, 0.15) is 32.1 Å². The van der Waals surface area contributed by atoms with Crippen LogP contribution in [0.15, 0.2) is 0 Å². The SMILES string of the molecule is N#CC1(C(=O)N2CCC(F)(F)CC2)CCC1. The summed E-state index contributed by atoms with van der Waals surface area (Å²) in [5.74, 6) is -2.88. The molecule has 0 aromatic carbocycles. The van der Waals surface area contributed by atoms with E-state index in [0.29, 0.717) is 12.8 Å². The summed E-state index contributed by atoms with van der Waals surface area (Å²) in [6.45, 7) is 0.157. The predicted octanol–water partition coefficient (Wildman–Crippen LogP) is 1.94. The van der Waals surface area contributed by atoms with Gasteiger partial charge in [-0.15, -0.1) is 0 Å². The summed E-state index contributed by atoms with van der Waals surface area (Å²) >= 11 is 0. The molecular formula is C11H14F2N2O. The molecule has 0 radical (unpaired) electrons. The van der Waals surface area contributed by atoms with Crippen molar-refractivity contribution in [2.75, 3.05) is 13.1 Å². The quantitative estimate of drug-likeness (QED) is 0.688. The summed E-state index contributed by atoms with van der Waals surface area (Å²) in [4.78, 5) is 13.4. The Morgan fingerprint density at radius 1 is 1.19 bits per heavy atom. The lowest BCUT2D eigenvalue weighted by atomic mass is 9.69. The zero-order valence-corrected chi connectivity index (χ0v) is 9.01. The molecule has 1 heterocycles. The zero-order chi connectivity index (χ0) is 11.8. The van der Waals surface area contributed by atoms with Gasteiger partial charge in [0.15, 0.2) is 0 Å². The number of halogens is 2. The number of hydrogen-bond acceptors (Lipinski definition) is 2. The number of carbonyl (C=O) groups is 1. The summed E-state index contributed by atoms with van der Waals surface area (Å²) in [6.07, 6.45) is 1.48. The van der Waals surface area contributed by atoms with Crippen LogP contribution in [-0.2, 0) is 4.79 Å². The molecule has 0 N–H and O–H groups in total. The molecule has 88 valence electrons. The van der Waals surface area contributed by atoms with E-state index in [2.05, 4.69) is 6.07 Å². The fraction of sp³-hybridized carbons (Fsp3) is 0.818. The van der Waals surface area contributed by atoms with Gasteiger partial charge in [0, 0.05) is 25.9 Å². The molecule has 1 aliphatic carbocycles. The molecule has 2 fully saturated rings. The van der Waals surface area contributed by atoms with Crippen molar-refractivity contribution in [1.82, 2.24) is 4.90 Å². The van der Waals surface area contributed by atoms with Crippen LogP contribution < -0.4 is 0 Å². The number of amides is 1. The zero-order valence-electron chi connectivity index (χ0n) is 9.01. The highest BCUT2D eigenvalue weighted by Crippen LogP contribution is 2.42. The van der Waals surface area contributed by atoms with Gasteiger partial charge >= 0.3 is 0 Å². The Morgan fingerprint density at radius 3 is 2.12 bits per heavy atom. The van der Waals surface area contributed by atoms with Gasteiger partial charge in [0.05, 0.1) is 6.07 Å². The lowest BCUT2D eigenvalue weighted by molar-refractivity contribution is -0.148. The number of rotatable bonds is 1. The fourth-order valence-electron chi connectivity index (χ4n) is 2.24. The van der Waals surface area contributed by atoms with Crippen LogP contribution in [0.3, 0.4) is 0 Å². The Hall–Kier alpha value is -1.18. The molecule has 0 spiro atoms. The second-order valence-corrected chi connectivity index (χ2v) is 4.70. The van der Waals surface area contributed by atoms with Gasteiger partial charge in [0.1, 0.15) is 5.41 Å². The smallest absolute Gasteiger partial charge is 0.251 e. The van der Waals surface area contributed by atoms with Gasteiger partial charge in [-0.05, 0) is 19.3 Å². The third kappa shape index (κ3) is 1.77. The van der Waals surface area contributed by atoms with Crippen molar-refractivity contribution in [3.63, 3.8) is 0 Å². The fourth-order valence-corrected chi connectivity index (χ4v) is 2.24. The molecule has 1 amide bonds. The van der Waals surface area contributed by atoms with E-state index in [9.17, 15) is 13.6 Å². The van der Waals surface area contributed by atoms with E-state index in [1.807, 2.05) is 0 Å². The maximum atomic E-state index is 12.9. The normalized spacial score (nSPS) is 26.7. The van der Waals surface area contributed by atoms with E-state index in [1.165, 1.54) is 4.90 Å². The van der Waals surface area contributed by atoms with Crippen molar-refractivity contribution in [3.05, 3.63) is 0 Å². The van der Waals surface area contributed by atoms with Gasteiger partial charge in [0.25, 0.3) is 5.92 Å². The first-order valence-electron chi connectivity index (χ1n) is 5.58. The molecule has 2 aliphatic rings. The molecule has 0 aromatic rings. The minimum absolute atomic E-state index is 0.0786. The first kappa shape index (κ1) is 11.3. The Balaban J connectivity index is 2.00. The lowest BCUT2D eigenvalue weighted by Gasteiger charge is -2.40. The molecule has 16 heavy (non-hydrogen) atoms. The topological polar surface area (TPSA) is 44.1 Å². The Kier molecular flexibility index (Phi) is 2.61. The number of nitrogens with zero attached hydrogens (tertiary/aromatic N) is 2. The third-order valence-electron chi connectivity index (χ3n) is 3.61. The van der Waals surface area contributed by atoms with E-state index in [4.69, 9.17) is 5.26 Å². The average molecular weight is 228 g/mol. The largest absolute Gasteiger partial charge is 0.341 e. The van der Waals surface area contributed by atoms with Gasteiger partial charge in [-0.2, -0.15) is 5.26 Å². The van der Waals surface area contributed by atoms with Crippen LogP contribution in [-0.4, -0.2) is 29.8 Å². The van der Waals surface area contributed by atoms with Crippen LogP contribution in [0.5, 0.6) is 0 Å². The highest BCUT2D eigenvalue weighted by molar-refractivity contribution is 5.86. The van der Waals surface area contributed by atoms with E-state index < -0.39 is 11.3 Å². The van der Waals surface area contributed by atoms with Crippen molar-refractivity contribution in [2.24, 2.45) is 5.41 Å². The number of likely N-dealkylation sites (tertiary alicyclic amines) is 1. The average Bonchev–Trinajstić information content (AvgIpc) is 2.16. The van der Waals surface area contributed by atoms with Crippen LogP contribution in [0.4, 0.5) is 8.78 Å². The minimum Gasteiger partial charge on any atom is -0.341 e. The van der Waals surface area contributed by atoms with Crippen molar-refractivity contribution >= 4 is 5.91 Å².